The molecule has 0 spiro atoms. The molecule has 0 saturated carbocycles. The highest BCUT2D eigenvalue weighted by molar-refractivity contribution is 5.56. The van der Waals surface area contributed by atoms with Gasteiger partial charge in [-0.1, -0.05) is 12.1 Å². The van der Waals surface area contributed by atoms with Crippen molar-refractivity contribution in [3.8, 4) is 5.75 Å². The fraction of sp³-hybridized carbons (Fsp3) is 0.455. The molecule has 0 unspecified atom stereocenters. The number of rotatable bonds is 2. The average molecular weight is 222 g/mol. The van der Waals surface area contributed by atoms with E-state index in [9.17, 15) is 15.2 Å². The number of aromatic hydroxyl groups is 1. The Labute approximate surface area is 93.2 Å². The van der Waals surface area contributed by atoms with Gasteiger partial charge < -0.3 is 10.4 Å². The van der Waals surface area contributed by atoms with Crippen molar-refractivity contribution in [2.75, 3.05) is 6.54 Å². The first kappa shape index (κ1) is 10.9. The molecule has 0 radical (unpaired) electrons. The van der Waals surface area contributed by atoms with Crippen LogP contribution >= 0.6 is 0 Å². The van der Waals surface area contributed by atoms with Crippen LogP contribution in [0.15, 0.2) is 12.1 Å². The summed E-state index contributed by atoms with van der Waals surface area (Å²) in [5.41, 5.74) is 0.949. The van der Waals surface area contributed by atoms with Gasteiger partial charge in [-0.15, -0.1) is 0 Å². The van der Waals surface area contributed by atoms with Gasteiger partial charge in [0.25, 0.3) is 0 Å². The summed E-state index contributed by atoms with van der Waals surface area (Å²) in [5, 5.41) is 24.0. The topological polar surface area (TPSA) is 75.4 Å². The van der Waals surface area contributed by atoms with Crippen molar-refractivity contribution in [1.29, 1.82) is 0 Å². The first-order valence-electron chi connectivity index (χ1n) is 5.31. The number of nitro benzene ring substituents is 1. The molecular formula is C11H14N2O3. The van der Waals surface area contributed by atoms with Crippen molar-refractivity contribution in [3.05, 3.63) is 33.4 Å². The van der Waals surface area contributed by atoms with Gasteiger partial charge in [0, 0.05) is 17.2 Å². The molecule has 2 N–H and O–H groups in total. The Morgan fingerprint density at radius 2 is 2.31 bits per heavy atom. The molecule has 1 aromatic carbocycles. The molecule has 86 valence electrons. The highest BCUT2D eigenvalue weighted by atomic mass is 16.6. The van der Waals surface area contributed by atoms with E-state index in [0.717, 1.165) is 19.4 Å². The van der Waals surface area contributed by atoms with E-state index in [2.05, 4.69) is 5.32 Å². The summed E-state index contributed by atoms with van der Waals surface area (Å²) in [6.45, 7) is 2.52. The third kappa shape index (κ3) is 1.74. The number of phenolic OH excluding ortho intramolecular Hbond substituents is 1. The van der Waals surface area contributed by atoms with Gasteiger partial charge in [0.15, 0.2) is 5.75 Å². The monoisotopic (exact) mass is 222 g/mol. The molecule has 1 heterocycles. The SMILES string of the molecule is Cc1ccc([C@@H]2CCCN2)c(O)c1[N+](=O)[O-]. The summed E-state index contributed by atoms with van der Waals surface area (Å²) in [5.74, 6) is -0.190. The number of hydrogen-bond donors (Lipinski definition) is 2. The van der Waals surface area contributed by atoms with Gasteiger partial charge in [0.1, 0.15) is 0 Å². The Hall–Kier alpha value is -1.62. The summed E-state index contributed by atoms with van der Waals surface area (Å²) in [7, 11) is 0. The van der Waals surface area contributed by atoms with Crippen LogP contribution in [0.25, 0.3) is 0 Å². The summed E-state index contributed by atoms with van der Waals surface area (Å²) >= 11 is 0. The second kappa shape index (κ2) is 4.09. The van der Waals surface area contributed by atoms with Crippen molar-refractivity contribution in [1.82, 2.24) is 5.32 Å². The van der Waals surface area contributed by atoms with Gasteiger partial charge in [-0.05, 0) is 26.3 Å². The van der Waals surface area contributed by atoms with E-state index < -0.39 is 4.92 Å². The second-order valence-electron chi connectivity index (χ2n) is 4.07. The predicted molar refractivity (Wildman–Crippen MR) is 59.5 cm³/mol. The van der Waals surface area contributed by atoms with Crippen LogP contribution in [0.3, 0.4) is 0 Å². The van der Waals surface area contributed by atoms with Crippen LogP contribution < -0.4 is 5.32 Å². The first-order valence-corrected chi connectivity index (χ1v) is 5.31. The molecule has 2 rings (SSSR count). The van der Waals surface area contributed by atoms with E-state index in [0.29, 0.717) is 11.1 Å². The minimum Gasteiger partial charge on any atom is -0.502 e. The molecule has 0 bridgehead atoms. The molecule has 0 amide bonds. The van der Waals surface area contributed by atoms with Gasteiger partial charge in [0.2, 0.25) is 0 Å². The zero-order chi connectivity index (χ0) is 11.7. The van der Waals surface area contributed by atoms with Crippen LogP contribution in [0.4, 0.5) is 5.69 Å². The summed E-state index contributed by atoms with van der Waals surface area (Å²) in [6.07, 6.45) is 1.94. The fourth-order valence-corrected chi connectivity index (χ4v) is 2.16. The highest BCUT2D eigenvalue weighted by Gasteiger charge is 2.26. The minimum absolute atomic E-state index is 0.0410. The Kier molecular flexibility index (Phi) is 2.78. The molecule has 1 atom stereocenters. The quantitative estimate of drug-likeness (QED) is 0.593. The zero-order valence-electron chi connectivity index (χ0n) is 9.06. The normalized spacial score (nSPS) is 19.9. The number of phenols is 1. The van der Waals surface area contributed by atoms with Crippen molar-refractivity contribution in [2.45, 2.75) is 25.8 Å². The summed E-state index contributed by atoms with van der Waals surface area (Å²) in [4.78, 5) is 10.3. The lowest BCUT2D eigenvalue weighted by Gasteiger charge is -2.13. The van der Waals surface area contributed by atoms with Gasteiger partial charge in [-0.3, -0.25) is 10.1 Å². The van der Waals surface area contributed by atoms with Crippen molar-refractivity contribution in [2.24, 2.45) is 0 Å². The molecule has 5 heteroatoms. The maximum atomic E-state index is 10.8. The molecule has 1 aliphatic rings. The van der Waals surface area contributed by atoms with Crippen LogP contribution in [0.5, 0.6) is 5.75 Å². The van der Waals surface area contributed by atoms with Gasteiger partial charge in [-0.2, -0.15) is 0 Å². The van der Waals surface area contributed by atoms with E-state index in [-0.39, 0.29) is 17.5 Å². The number of nitro groups is 1. The van der Waals surface area contributed by atoms with E-state index in [1.165, 1.54) is 0 Å². The molecular weight excluding hydrogens is 208 g/mol. The maximum absolute atomic E-state index is 10.8. The van der Waals surface area contributed by atoms with E-state index in [1.54, 1.807) is 19.1 Å². The maximum Gasteiger partial charge on any atom is 0.313 e. The molecule has 1 aromatic rings. The average Bonchev–Trinajstić information content (AvgIpc) is 2.70. The third-order valence-electron chi connectivity index (χ3n) is 3.00. The molecule has 1 aliphatic heterocycles. The fourth-order valence-electron chi connectivity index (χ4n) is 2.16. The largest absolute Gasteiger partial charge is 0.502 e. The smallest absolute Gasteiger partial charge is 0.313 e. The first-order chi connectivity index (χ1) is 7.61. The van der Waals surface area contributed by atoms with Crippen LogP contribution in [-0.2, 0) is 0 Å². The van der Waals surface area contributed by atoms with Crippen molar-refractivity contribution in [3.63, 3.8) is 0 Å². The Bertz CT molecular complexity index is 425. The Balaban J connectivity index is 2.47. The minimum atomic E-state index is -0.525. The molecule has 0 aromatic heterocycles. The molecule has 1 saturated heterocycles. The molecule has 5 nitrogen and oxygen atoms in total. The van der Waals surface area contributed by atoms with E-state index >= 15 is 0 Å². The van der Waals surface area contributed by atoms with Crippen molar-refractivity contribution >= 4 is 5.69 Å². The van der Waals surface area contributed by atoms with Crippen LogP contribution in [0.1, 0.15) is 30.0 Å². The lowest BCUT2D eigenvalue weighted by Crippen LogP contribution is -2.13. The molecule has 16 heavy (non-hydrogen) atoms. The van der Waals surface area contributed by atoms with Crippen molar-refractivity contribution < 1.29 is 10.0 Å². The molecule has 1 fully saturated rings. The second-order valence-corrected chi connectivity index (χ2v) is 4.07. The summed E-state index contributed by atoms with van der Waals surface area (Å²) < 4.78 is 0. The van der Waals surface area contributed by atoms with Gasteiger partial charge >= 0.3 is 5.69 Å². The lowest BCUT2D eigenvalue weighted by atomic mass is 10.0. The standard InChI is InChI=1S/C11H14N2O3/c1-7-4-5-8(9-3-2-6-12-9)11(14)10(7)13(15)16/h4-5,9,12,14H,2-3,6H2,1H3/t9-/m0/s1. The Morgan fingerprint density at radius 1 is 1.56 bits per heavy atom. The van der Waals surface area contributed by atoms with Crippen LogP contribution in [0, 0.1) is 17.0 Å². The summed E-state index contributed by atoms with van der Waals surface area (Å²) in [6, 6.07) is 3.49. The number of benzene rings is 1. The van der Waals surface area contributed by atoms with Crippen LogP contribution in [0.2, 0.25) is 0 Å². The predicted octanol–water partition coefficient (Wildman–Crippen LogP) is 2.03. The van der Waals surface area contributed by atoms with Crippen LogP contribution in [-0.4, -0.2) is 16.6 Å². The zero-order valence-corrected chi connectivity index (χ0v) is 9.06. The Morgan fingerprint density at radius 3 is 2.88 bits per heavy atom. The number of nitrogens with zero attached hydrogens (tertiary/aromatic N) is 1. The highest BCUT2D eigenvalue weighted by Crippen LogP contribution is 2.38. The van der Waals surface area contributed by atoms with E-state index in [1.807, 2.05) is 0 Å². The van der Waals surface area contributed by atoms with Gasteiger partial charge in [0.05, 0.1) is 4.92 Å². The lowest BCUT2D eigenvalue weighted by molar-refractivity contribution is -0.386. The number of hydrogen-bond acceptors (Lipinski definition) is 4. The van der Waals surface area contributed by atoms with E-state index in [4.69, 9.17) is 0 Å². The molecule has 0 aliphatic carbocycles. The van der Waals surface area contributed by atoms with Gasteiger partial charge in [-0.25, -0.2) is 0 Å². The number of nitrogens with one attached hydrogen (secondary N) is 1. The number of aryl methyl sites for hydroxylation is 1. The third-order valence-corrected chi connectivity index (χ3v) is 3.00.